The van der Waals surface area contributed by atoms with Crippen molar-refractivity contribution in [3.05, 3.63) is 17.9 Å². The van der Waals surface area contributed by atoms with Crippen molar-refractivity contribution in [2.45, 2.75) is 37.8 Å². The monoisotopic (exact) mass is 330 g/mol. The Kier molecular flexibility index (Phi) is 5.60. The van der Waals surface area contributed by atoms with Crippen LogP contribution in [0.4, 0.5) is 0 Å². The van der Waals surface area contributed by atoms with Crippen LogP contribution in [-0.2, 0) is 21.4 Å². The first-order valence-electron chi connectivity index (χ1n) is 7.46. The highest BCUT2D eigenvalue weighted by Crippen LogP contribution is 2.23. The smallest absolute Gasteiger partial charge is 0.317 e. The van der Waals surface area contributed by atoms with Gasteiger partial charge in [-0.1, -0.05) is 6.92 Å². The van der Waals surface area contributed by atoms with Gasteiger partial charge in [-0.05, 0) is 37.9 Å². The second-order valence-corrected chi connectivity index (χ2v) is 7.31. The van der Waals surface area contributed by atoms with Gasteiger partial charge in [0.25, 0.3) is 10.0 Å². The van der Waals surface area contributed by atoms with Gasteiger partial charge in [0, 0.05) is 13.1 Å². The van der Waals surface area contributed by atoms with Gasteiger partial charge in [0.1, 0.15) is 5.76 Å². The summed E-state index contributed by atoms with van der Waals surface area (Å²) in [5.41, 5.74) is 0. The summed E-state index contributed by atoms with van der Waals surface area (Å²) in [4.78, 5) is 12.6. The topological polar surface area (TPSA) is 91.1 Å². The molecule has 0 aromatic carbocycles. The Morgan fingerprint density at radius 2 is 2.05 bits per heavy atom. The van der Waals surface area contributed by atoms with Gasteiger partial charge in [-0.15, -0.1) is 0 Å². The van der Waals surface area contributed by atoms with Crippen LogP contribution in [0.1, 0.15) is 31.9 Å². The SMILES string of the molecule is CCCN(CC(=O)O)Cc1ccc(S(=O)(=O)N2CCCC2)o1. The predicted molar refractivity (Wildman–Crippen MR) is 79.9 cm³/mol. The van der Waals surface area contributed by atoms with E-state index in [0.717, 1.165) is 19.3 Å². The summed E-state index contributed by atoms with van der Waals surface area (Å²) in [6, 6.07) is 3.06. The van der Waals surface area contributed by atoms with Gasteiger partial charge in [-0.2, -0.15) is 4.31 Å². The highest BCUT2D eigenvalue weighted by Gasteiger charge is 2.30. The third-order valence-electron chi connectivity index (χ3n) is 3.57. The molecule has 0 atom stereocenters. The molecule has 22 heavy (non-hydrogen) atoms. The summed E-state index contributed by atoms with van der Waals surface area (Å²) in [6.07, 6.45) is 2.55. The highest BCUT2D eigenvalue weighted by atomic mass is 32.2. The van der Waals surface area contributed by atoms with Crippen molar-refractivity contribution in [1.82, 2.24) is 9.21 Å². The highest BCUT2D eigenvalue weighted by molar-refractivity contribution is 7.89. The Morgan fingerprint density at radius 1 is 1.36 bits per heavy atom. The fourth-order valence-corrected chi connectivity index (χ4v) is 4.03. The zero-order valence-electron chi connectivity index (χ0n) is 12.7. The Balaban J connectivity index is 2.08. The lowest BCUT2D eigenvalue weighted by atomic mass is 10.3. The lowest BCUT2D eigenvalue weighted by molar-refractivity contribution is -0.138. The minimum absolute atomic E-state index is 0.0591. The summed E-state index contributed by atoms with van der Waals surface area (Å²) < 4.78 is 31.6. The van der Waals surface area contributed by atoms with Crippen molar-refractivity contribution < 1.29 is 22.7 Å². The number of carbonyl (C=O) groups is 1. The zero-order valence-corrected chi connectivity index (χ0v) is 13.5. The van der Waals surface area contributed by atoms with Crippen LogP contribution < -0.4 is 0 Å². The fourth-order valence-electron chi connectivity index (χ4n) is 2.58. The van der Waals surface area contributed by atoms with Gasteiger partial charge >= 0.3 is 5.97 Å². The Morgan fingerprint density at radius 3 is 2.64 bits per heavy atom. The third kappa shape index (κ3) is 4.08. The van der Waals surface area contributed by atoms with E-state index in [4.69, 9.17) is 9.52 Å². The lowest BCUT2D eigenvalue weighted by Crippen LogP contribution is -2.30. The number of carboxylic acid groups (broad SMARTS) is 1. The Hall–Kier alpha value is -1.38. The molecule has 0 aliphatic carbocycles. The van der Waals surface area contributed by atoms with E-state index in [0.29, 0.717) is 25.4 Å². The van der Waals surface area contributed by atoms with Crippen LogP contribution in [0, 0.1) is 0 Å². The fraction of sp³-hybridized carbons (Fsp3) is 0.643. The van der Waals surface area contributed by atoms with E-state index in [9.17, 15) is 13.2 Å². The van der Waals surface area contributed by atoms with Crippen LogP contribution in [-0.4, -0.2) is 54.9 Å². The van der Waals surface area contributed by atoms with E-state index in [1.165, 1.54) is 10.4 Å². The van der Waals surface area contributed by atoms with E-state index in [-0.39, 0.29) is 18.2 Å². The average molecular weight is 330 g/mol. The average Bonchev–Trinajstić information content (AvgIpc) is 3.09. The third-order valence-corrected chi connectivity index (χ3v) is 5.35. The van der Waals surface area contributed by atoms with E-state index >= 15 is 0 Å². The maximum absolute atomic E-state index is 12.4. The number of hydrogen-bond donors (Lipinski definition) is 1. The van der Waals surface area contributed by atoms with Crippen LogP contribution in [0.3, 0.4) is 0 Å². The van der Waals surface area contributed by atoms with Gasteiger partial charge in [0.2, 0.25) is 5.09 Å². The molecule has 2 heterocycles. The summed E-state index contributed by atoms with van der Waals surface area (Å²) in [5, 5.41) is 8.83. The maximum Gasteiger partial charge on any atom is 0.317 e. The maximum atomic E-state index is 12.4. The molecule has 0 amide bonds. The van der Waals surface area contributed by atoms with Crippen LogP contribution in [0.2, 0.25) is 0 Å². The zero-order chi connectivity index (χ0) is 16.2. The molecule has 1 aromatic rings. The molecule has 2 rings (SSSR count). The van der Waals surface area contributed by atoms with Crippen LogP contribution in [0.25, 0.3) is 0 Å². The molecule has 1 aliphatic heterocycles. The summed E-state index contributed by atoms with van der Waals surface area (Å²) in [6.45, 7) is 3.82. The molecule has 7 nitrogen and oxygen atoms in total. The van der Waals surface area contributed by atoms with Crippen LogP contribution in [0.5, 0.6) is 0 Å². The van der Waals surface area contributed by atoms with Gasteiger partial charge in [0.05, 0.1) is 13.1 Å². The molecule has 1 N–H and O–H groups in total. The Labute approximate surface area is 130 Å². The van der Waals surface area contributed by atoms with Gasteiger partial charge in [0.15, 0.2) is 0 Å². The molecule has 0 saturated carbocycles. The molecule has 124 valence electrons. The molecule has 0 unspecified atom stereocenters. The quantitative estimate of drug-likeness (QED) is 0.774. The first kappa shape index (κ1) is 17.0. The first-order valence-corrected chi connectivity index (χ1v) is 8.90. The molecule has 1 saturated heterocycles. The van der Waals surface area contributed by atoms with Crippen molar-refractivity contribution in [3.8, 4) is 0 Å². The molecule has 1 fully saturated rings. The van der Waals surface area contributed by atoms with E-state index in [1.54, 1.807) is 11.0 Å². The molecule has 8 heteroatoms. The normalized spacial score (nSPS) is 16.5. The molecule has 1 aromatic heterocycles. The molecule has 0 bridgehead atoms. The van der Waals surface area contributed by atoms with Crippen molar-refractivity contribution in [2.24, 2.45) is 0 Å². The Bertz CT molecular complexity index is 605. The van der Waals surface area contributed by atoms with Gasteiger partial charge < -0.3 is 9.52 Å². The van der Waals surface area contributed by atoms with Crippen molar-refractivity contribution in [2.75, 3.05) is 26.2 Å². The first-order chi connectivity index (χ1) is 10.4. The van der Waals surface area contributed by atoms with Crippen LogP contribution in [0.15, 0.2) is 21.6 Å². The van der Waals surface area contributed by atoms with Crippen molar-refractivity contribution >= 4 is 16.0 Å². The summed E-state index contributed by atoms with van der Waals surface area (Å²) in [5.74, 6) is -0.447. The minimum atomic E-state index is -3.56. The van der Waals surface area contributed by atoms with E-state index < -0.39 is 16.0 Å². The largest absolute Gasteiger partial charge is 0.480 e. The molecular weight excluding hydrogens is 308 g/mol. The standard InChI is InChI=1S/C14H22N2O5S/c1-2-7-15(11-13(17)18)10-12-5-6-14(21-12)22(19,20)16-8-3-4-9-16/h5-6H,2-4,7-11H2,1H3,(H,17,18). The number of hydrogen-bond acceptors (Lipinski definition) is 5. The van der Waals surface area contributed by atoms with Crippen LogP contribution >= 0.6 is 0 Å². The number of furan rings is 1. The molecule has 0 radical (unpaired) electrons. The summed E-state index contributed by atoms with van der Waals surface area (Å²) >= 11 is 0. The van der Waals surface area contributed by atoms with Gasteiger partial charge in [-0.3, -0.25) is 9.69 Å². The summed E-state index contributed by atoms with van der Waals surface area (Å²) in [7, 11) is -3.56. The molecule has 1 aliphatic rings. The molecular formula is C14H22N2O5S. The second kappa shape index (κ2) is 7.26. The minimum Gasteiger partial charge on any atom is -0.480 e. The van der Waals surface area contributed by atoms with Gasteiger partial charge in [-0.25, -0.2) is 8.42 Å². The number of carboxylic acids is 1. The number of rotatable bonds is 8. The van der Waals surface area contributed by atoms with E-state index in [1.807, 2.05) is 6.92 Å². The number of sulfonamides is 1. The molecule has 0 spiro atoms. The number of aliphatic carboxylic acids is 1. The lowest BCUT2D eigenvalue weighted by Gasteiger charge is -2.17. The second-order valence-electron chi connectivity index (χ2n) is 5.44. The van der Waals surface area contributed by atoms with Crippen molar-refractivity contribution in [1.29, 1.82) is 0 Å². The van der Waals surface area contributed by atoms with Crippen molar-refractivity contribution in [3.63, 3.8) is 0 Å². The predicted octanol–water partition coefficient (Wildman–Crippen LogP) is 1.36. The number of nitrogens with zero attached hydrogens (tertiary/aromatic N) is 2. The van der Waals surface area contributed by atoms with E-state index in [2.05, 4.69) is 0 Å².